The first-order chi connectivity index (χ1) is 6.06. The van der Waals surface area contributed by atoms with Gasteiger partial charge in [0, 0.05) is 0 Å². The second-order valence-electron chi connectivity index (χ2n) is 1.95. The van der Waals surface area contributed by atoms with Crippen LogP contribution in [0.4, 0.5) is 0 Å². The molecule has 0 aliphatic carbocycles. The molecule has 7 heteroatoms. The summed E-state index contributed by atoms with van der Waals surface area (Å²) < 4.78 is 3.77. The normalized spacial score (nSPS) is 10.7. The van der Waals surface area contributed by atoms with E-state index in [1.165, 1.54) is 0 Å². The second kappa shape index (κ2) is 6.69. The molecule has 0 fully saturated rings. The van der Waals surface area contributed by atoms with Crippen LogP contribution in [0.15, 0.2) is 4.00 Å². The molecule has 0 amide bonds. The zero-order valence-electron chi connectivity index (χ0n) is 6.77. The van der Waals surface area contributed by atoms with E-state index < -0.39 is 25.4 Å². The van der Waals surface area contributed by atoms with E-state index >= 15 is 0 Å². The molecule has 0 saturated carbocycles. The fourth-order valence-corrected chi connectivity index (χ4v) is 2.01. The fraction of sp³-hybridized carbons (Fsp3) is 0.667. The number of carbonyl (C=O) groups is 2. The Morgan fingerprint density at radius 2 is 1.62 bits per heavy atom. The molecule has 0 radical (unpaired) electrons. The molecule has 3 N–H and O–H groups in total. The van der Waals surface area contributed by atoms with Gasteiger partial charge in [-0.2, -0.15) is 0 Å². The first-order valence-electron chi connectivity index (χ1n) is 3.32. The summed E-state index contributed by atoms with van der Waals surface area (Å²) in [5, 5.41) is 24.7. The Morgan fingerprint density at radius 1 is 1.15 bits per heavy atom. The van der Waals surface area contributed by atoms with Crippen LogP contribution in [0.2, 0.25) is 10.7 Å². The molecule has 0 rings (SSSR count). The van der Waals surface area contributed by atoms with E-state index in [0.717, 1.165) is 0 Å². The van der Waals surface area contributed by atoms with Gasteiger partial charge in [0.15, 0.2) is 0 Å². The summed E-state index contributed by atoms with van der Waals surface area (Å²) in [5.41, 5.74) is 0. The van der Waals surface area contributed by atoms with E-state index in [1.807, 2.05) is 0 Å². The zero-order chi connectivity index (χ0) is 10.3. The van der Waals surface area contributed by atoms with Crippen molar-refractivity contribution in [3.8, 4) is 0 Å². The van der Waals surface area contributed by atoms with Crippen LogP contribution in [0.1, 0.15) is 0 Å². The second-order valence-corrected chi connectivity index (χ2v) is 4.20. The van der Waals surface area contributed by atoms with Crippen molar-refractivity contribution in [1.29, 1.82) is 0 Å². The van der Waals surface area contributed by atoms with Crippen molar-refractivity contribution in [3.05, 3.63) is 0 Å². The van der Waals surface area contributed by atoms with Crippen molar-refractivity contribution < 1.29 is 38.4 Å². The SMILES string of the molecule is O=C(O)[CH2][Co]([CH2]C(=O)O)=[N]CCO. The van der Waals surface area contributed by atoms with Gasteiger partial charge in [0.2, 0.25) is 0 Å². The Bertz CT molecular complexity index is 209. The molecular weight excluding hydrogens is 225 g/mol. The Balaban J connectivity index is 4.17. The van der Waals surface area contributed by atoms with Crippen molar-refractivity contribution in [2.24, 2.45) is 4.00 Å². The number of aliphatic hydroxyl groups excluding tert-OH is 1. The zero-order valence-corrected chi connectivity index (χ0v) is 7.81. The number of aliphatic hydroxyl groups is 1. The van der Waals surface area contributed by atoms with Gasteiger partial charge in [-0.05, 0) is 0 Å². The van der Waals surface area contributed by atoms with Crippen molar-refractivity contribution in [1.82, 2.24) is 0 Å². The van der Waals surface area contributed by atoms with Gasteiger partial charge < -0.3 is 0 Å². The molecule has 0 aliphatic heterocycles. The molecule has 79 valence electrons. The standard InChI is InChI=1S/C2H5NO.2C2H3O2.Co/c3-1-2-4;2*1-2(3)4;/h4H,1-2H2;2*1H2,(H,3,4);. The summed E-state index contributed by atoms with van der Waals surface area (Å²) in [5.74, 6) is -2.12. The first-order valence-corrected chi connectivity index (χ1v) is 5.25. The third-order valence-electron chi connectivity index (χ3n) is 0.797. The molecule has 0 aliphatic rings. The van der Waals surface area contributed by atoms with Crippen LogP contribution in [0.5, 0.6) is 0 Å². The molecule has 13 heavy (non-hydrogen) atoms. The van der Waals surface area contributed by atoms with Gasteiger partial charge in [0.25, 0.3) is 0 Å². The van der Waals surface area contributed by atoms with Gasteiger partial charge >= 0.3 is 78.2 Å². The molecule has 0 atom stereocenters. The Kier molecular flexibility index (Phi) is 6.28. The quantitative estimate of drug-likeness (QED) is 0.591. The average Bonchev–Trinajstić information content (AvgIpc) is 1.98. The number of carboxylic acid groups (broad SMARTS) is 2. The molecule has 0 heterocycles. The van der Waals surface area contributed by atoms with Crippen LogP contribution in [0.3, 0.4) is 0 Å². The Labute approximate surface area is 78.7 Å². The topological polar surface area (TPSA) is 107 Å². The van der Waals surface area contributed by atoms with Crippen molar-refractivity contribution in [2.75, 3.05) is 13.2 Å². The van der Waals surface area contributed by atoms with Crippen LogP contribution in [-0.2, 0) is 23.0 Å². The number of carboxylic acids is 2. The number of rotatable bonds is 6. The molecule has 0 aromatic carbocycles. The summed E-state index contributed by atoms with van der Waals surface area (Å²) in [6, 6.07) is 0. The summed E-state index contributed by atoms with van der Waals surface area (Å²) in [4.78, 5) is 20.5. The summed E-state index contributed by atoms with van der Waals surface area (Å²) in [7, 11) is 0. The monoisotopic (exact) mass is 236 g/mol. The minimum atomic E-state index is -1.36. The fourth-order valence-electron chi connectivity index (χ4n) is 0.488. The van der Waals surface area contributed by atoms with Crippen LogP contribution in [0, 0.1) is 0 Å². The molecule has 0 unspecified atom stereocenters. The van der Waals surface area contributed by atoms with Crippen LogP contribution >= 0.6 is 0 Å². The Hall–Kier alpha value is -0.794. The van der Waals surface area contributed by atoms with E-state index in [-0.39, 0.29) is 23.9 Å². The first kappa shape index (κ1) is 12.2. The molecule has 0 aromatic rings. The van der Waals surface area contributed by atoms with Gasteiger partial charge in [0.1, 0.15) is 0 Å². The number of hydrogen-bond donors (Lipinski definition) is 3. The van der Waals surface area contributed by atoms with Crippen LogP contribution < -0.4 is 0 Å². The van der Waals surface area contributed by atoms with Gasteiger partial charge in [-0.1, -0.05) is 0 Å². The van der Waals surface area contributed by atoms with Crippen molar-refractivity contribution >= 4 is 11.9 Å². The summed E-state index contributed by atoms with van der Waals surface area (Å²) >= 11 is -1.36. The maximum atomic E-state index is 10.3. The molecule has 0 saturated heterocycles. The molecule has 0 bridgehead atoms. The van der Waals surface area contributed by atoms with E-state index in [9.17, 15) is 9.59 Å². The van der Waals surface area contributed by atoms with E-state index in [4.69, 9.17) is 15.3 Å². The summed E-state index contributed by atoms with van der Waals surface area (Å²) in [6.07, 6.45) is 0. The minimum absolute atomic E-state index is 0.102. The maximum absolute atomic E-state index is 10.3. The number of nitrogens with zero attached hydrogens (tertiary/aromatic N) is 1. The van der Waals surface area contributed by atoms with Crippen molar-refractivity contribution in [2.45, 2.75) is 10.7 Å². The third-order valence-corrected chi connectivity index (χ3v) is 2.98. The van der Waals surface area contributed by atoms with Crippen molar-refractivity contribution in [3.63, 3.8) is 0 Å². The predicted molar refractivity (Wildman–Crippen MR) is 39.3 cm³/mol. The summed E-state index contributed by atoms with van der Waals surface area (Å²) in [6.45, 7) is -0.0806. The van der Waals surface area contributed by atoms with E-state index in [1.54, 1.807) is 0 Å². The van der Waals surface area contributed by atoms with Gasteiger partial charge in [-0.3, -0.25) is 0 Å². The predicted octanol–water partition coefficient (Wildman–Crippen LogP) is -0.214. The third kappa shape index (κ3) is 7.56. The number of hydrogen-bond acceptors (Lipinski definition) is 4. The Morgan fingerprint density at radius 3 is 1.92 bits per heavy atom. The van der Waals surface area contributed by atoms with E-state index in [0.29, 0.717) is 0 Å². The van der Waals surface area contributed by atoms with E-state index in [2.05, 4.69) is 4.00 Å². The molecular formula is C6H11CoNO5. The molecule has 0 spiro atoms. The number of aliphatic carboxylic acids is 2. The average molecular weight is 236 g/mol. The van der Waals surface area contributed by atoms with Gasteiger partial charge in [-0.15, -0.1) is 0 Å². The van der Waals surface area contributed by atoms with Gasteiger partial charge in [0.05, 0.1) is 0 Å². The van der Waals surface area contributed by atoms with Gasteiger partial charge in [-0.25, -0.2) is 0 Å². The molecule has 6 nitrogen and oxygen atoms in total. The van der Waals surface area contributed by atoms with Crippen LogP contribution in [-0.4, -0.2) is 40.4 Å². The van der Waals surface area contributed by atoms with Crippen LogP contribution in [0.25, 0.3) is 0 Å². The molecule has 0 aromatic heterocycles.